The van der Waals surface area contributed by atoms with E-state index in [2.05, 4.69) is 6.07 Å². The summed E-state index contributed by atoms with van der Waals surface area (Å²) < 4.78 is 0. The fourth-order valence-corrected chi connectivity index (χ4v) is 3.72. The number of amides is 1. The standard InChI is InChI=1S/C24H27N3O/c1-26(22-13-7-3-8-14-22)24(28)21(17-25)19-27(23-15-9-4-10-16-23)18-20-11-5-2-6-12-20/h2,4-6,9-12,15-16,19,22H,3,7-8,13-14,18H2,1H3/b21-19-. The lowest BCUT2D eigenvalue weighted by molar-refractivity contribution is -0.128. The van der Waals surface area contributed by atoms with Crippen molar-refractivity contribution in [2.24, 2.45) is 0 Å². The van der Waals surface area contributed by atoms with Gasteiger partial charge in [-0.2, -0.15) is 5.26 Å². The van der Waals surface area contributed by atoms with E-state index in [9.17, 15) is 10.1 Å². The molecule has 0 heterocycles. The molecule has 1 fully saturated rings. The highest BCUT2D eigenvalue weighted by molar-refractivity contribution is 5.97. The van der Waals surface area contributed by atoms with E-state index < -0.39 is 0 Å². The van der Waals surface area contributed by atoms with Gasteiger partial charge in [0.2, 0.25) is 0 Å². The number of carbonyl (C=O) groups excluding carboxylic acids is 1. The highest BCUT2D eigenvalue weighted by Gasteiger charge is 2.25. The summed E-state index contributed by atoms with van der Waals surface area (Å²) in [6.45, 7) is 0.594. The van der Waals surface area contributed by atoms with Gasteiger partial charge in [-0.05, 0) is 30.5 Å². The lowest BCUT2D eigenvalue weighted by Crippen LogP contribution is -2.39. The van der Waals surface area contributed by atoms with Gasteiger partial charge >= 0.3 is 0 Å². The second kappa shape index (κ2) is 9.75. The first-order chi connectivity index (χ1) is 13.7. The van der Waals surface area contributed by atoms with Crippen molar-refractivity contribution in [3.63, 3.8) is 0 Å². The third kappa shape index (κ3) is 5.01. The summed E-state index contributed by atoms with van der Waals surface area (Å²) in [4.78, 5) is 16.7. The van der Waals surface area contributed by atoms with E-state index in [0.29, 0.717) is 6.54 Å². The minimum atomic E-state index is -0.191. The number of anilines is 1. The molecule has 1 amide bonds. The minimum Gasteiger partial charge on any atom is -0.342 e. The maximum atomic E-state index is 13.0. The lowest BCUT2D eigenvalue weighted by Gasteiger charge is -2.31. The van der Waals surface area contributed by atoms with Crippen molar-refractivity contribution in [1.29, 1.82) is 5.26 Å². The molecule has 1 saturated carbocycles. The Hall–Kier alpha value is -3.06. The molecule has 2 aromatic rings. The number of para-hydroxylation sites is 1. The van der Waals surface area contributed by atoms with Crippen LogP contribution in [-0.2, 0) is 11.3 Å². The van der Waals surface area contributed by atoms with Crippen molar-refractivity contribution in [3.8, 4) is 6.07 Å². The van der Waals surface area contributed by atoms with E-state index >= 15 is 0 Å². The van der Waals surface area contributed by atoms with Crippen molar-refractivity contribution in [2.45, 2.75) is 44.7 Å². The van der Waals surface area contributed by atoms with Gasteiger partial charge in [-0.1, -0.05) is 67.8 Å². The lowest BCUT2D eigenvalue weighted by atomic mass is 9.94. The zero-order chi connectivity index (χ0) is 19.8. The van der Waals surface area contributed by atoms with Crippen LogP contribution < -0.4 is 4.90 Å². The molecular weight excluding hydrogens is 346 g/mol. The molecule has 0 aromatic heterocycles. The minimum absolute atomic E-state index is 0.174. The van der Waals surface area contributed by atoms with Gasteiger partial charge in [-0.25, -0.2) is 0 Å². The van der Waals surface area contributed by atoms with Crippen LogP contribution in [0.2, 0.25) is 0 Å². The molecule has 28 heavy (non-hydrogen) atoms. The predicted molar refractivity (Wildman–Crippen MR) is 112 cm³/mol. The largest absolute Gasteiger partial charge is 0.342 e. The van der Waals surface area contributed by atoms with Crippen LogP contribution in [0.5, 0.6) is 0 Å². The van der Waals surface area contributed by atoms with Crippen molar-refractivity contribution in [1.82, 2.24) is 4.90 Å². The third-order valence-corrected chi connectivity index (χ3v) is 5.36. The maximum absolute atomic E-state index is 13.0. The number of hydrogen-bond donors (Lipinski definition) is 0. The molecule has 0 unspecified atom stereocenters. The van der Waals surface area contributed by atoms with E-state index in [1.807, 2.05) is 72.6 Å². The van der Waals surface area contributed by atoms with E-state index in [4.69, 9.17) is 0 Å². The summed E-state index contributed by atoms with van der Waals surface area (Å²) in [7, 11) is 1.83. The quantitative estimate of drug-likeness (QED) is 0.535. The molecular formula is C24H27N3O. The maximum Gasteiger partial charge on any atom is 0.266 e. The van der Waals surface area contributed by atoms with Gasteiger partial charge in [0.1, 0.15) is 11.6 Å². The fraction of sp³-hybridized carbons (Fsp3) is 0.333. The monoisotopic (exact) mass is 373 g/mol. The van der Waals surface area contributed by atoms with E-state index in [1.54, 1.807) is 11.1 Å². The molecule has 4 heteroatoms. The van der Waals surface area contributed by atoms with Crippen LogP contribution in [0.25, 0.3) is 0 Å². The third-order valence-electron chi connectivity index (χ3n) is 5.36. The van der Waals surface area contributed by atoms with E-state index in [0.717, 1.165) is 36.9 Å². The number of rotatable bonds is 6. The van der Waals surface area contributed by atoms with E-state index in [1.165, 1.54) is 6.42 Å². The van der Waals surface area contributed by atoms with Crippen LogP contribution in [-0.4, -0.2) is 23.9 Å². The van der Waals surface area contributed by atoms with Crippen LogP contribution in [0.15, 0.2) is 72.4 Å². The average Bonchev–Trinajstić information content (AvgIpc) is 2.77. The zero-order valence-electron chi connectivity index (χ0n) is 16.4. The second-order valence-electron chi connectivity index (χ2n) is 7.31. The predicted octanol–water partition coefficient (Wildman–Crippen LogP) is 4.89. The highest BCUT2D eigenvalue weighted by Crippen LogP contribution is 2.24. The van der Waals surface area contributed by atoms with Crippen LogP contribution >= 0.6 is 0 Å². The van der Waals surface area contributed by atoms with Crippen LogP contribution in [0.1, 0.15) is 37.7 Å². The number of nitriles is 1. The van der Waals surface area contributed by atoms with Gasteiger partial charge in [0.15, 0.2) is 0 Å². The SMILES string of the molecule is CN(C(=O)/C(C#N)=C\N(Cc1ccccc1)c1ccccc1)C1CCCCC1. The molecule has 0 spiro atoms. The Balaban J connectivity index is 1.86. The van der Waals surface area contributed by atoms with Gasteiger partial charge in [-0.3, -0.25) is 4.79 Å². The number of nitrogens with zero attached hydrogens (tertiary/aromatic N) is 3. The van der Waals surface area contributed by atoms with Gasteiger partial charge in [0.25, 0.3) is 5.91 Å². The molecule has 1 aliphatic carbocycles. The summed E-state index contributed by atoms with van der Waals surface area (Å²) in [5.74, 6) is -0.191. The average molecular weight is 374 g/mol. The Labute approximate surface area is 167 Å². The number of hydrogen-bond acceptors (Lipinski definition) is 3. The molecule has 1 aliphatic rings. The molecule has 2 aromatic carbocycles. The Kier molecular flexibility index (Phi) is 6.86. The van der Waals surface area contributed by atoms with Crippen LogP contribution in [0.4, 0.5) is 5.69 Å². The van der Waals surface area contributed by atoms with Gasteiger partial charge in [0, 0.05) is 31.5 Å². The smallest absolute Gasteiger partial charge is 0.266 e. The summed E-state index contributed by atoms with van der Waals surface area (Å²) in [5.41, 5.74) is 2.24. The Bertz CT molecular complexity index is 833. The summed E-state index contributed by atoms with van der Waals surface area (Å²) >= 11 is 0. The van der Waals surface area contributed by atoms with Gasteiger partial charge < -0.3 is 9.80 Å². The fourth-order valence-electron chi connectivity index (χ4n) is 3.72. The first-order valence-corrected chi connectivity index (χ1v) is 9.93. The van der Waals surface area contributed by atoms with Crippen LogP contribution in [0.3, 0.4) is 0 Å². The zero-order valence-corrected chi connectivity index (χ0v) is 16.4. The Morgan fingerprint density at radius 2 is 1.64 bits per heavy atom. The van der Waals surface area contributed by atoms with Crippen LogP contribution in [0, 0.1) is 11.3 Å². The molecule has 3 rings (SSSR count). The second-order valence-corrected chi connectivity index (χ2v) is 7.31. The van der Waals surface area contributed by atoms with E-state index in [-0.39, 0.29) is 17.5 Å². The molecule has 0 radical (unpaired) electrons. The highest BCUT2D eigenvalue weighted by atomic mass is 16.2. The summed E-state index contributed by atoms with van der Waals surface area (Å²) in [6, 6.07) is 22.3. The normalized spacial score (nSPS) is 14.9. The number of carbonyl (C=O) groups is 1. The molecule has 144 valence electrons. The number of likely N-dealkylation sites (N-methyl/N-ethyl adjacent to an activating group) is 1. The molecule has 0 N–H and O–H groups in total. The Morgan fingerprint density at radius 3 is 2.25 bits per heavy atom. The first kappa shape index (κ1) is 19.7. The van der Waals surface area contributed by atoms with Crippen molar-refractivity contribution >= 4 is 11.6 Å². The van der Waals surface area contributed by atoms with Gasteiger partial charge in [0.05, 0.1) is 0 Å². The first-order valence-electron chi connectivity index (χ1n) is 9.93. The summed E-state index contributed by atoms with van der Waals surface area (Å²) in [6.07, 6.45) is 7.28. The van der Waals surface area contributed by atoms with Crippen molar-refractivity contribution < 1.29 is 4.79 Å². The molecule has 0 saturated heterocycles. The molecule has 0 aliphatic heterocycles. The Morgan fingerprint density at radius 1 is 1.04 bits per heavy atom. The molecule has 0 bridgehead atoms. The summed E-state index contributed by atoms with van der Waals surface area (Å²) in [5, 5.41) is 9.71. The molecule has 0 atom stereocenters. The van der Waals surface area contributed by atoms with Crippen molar-refractivity contribution in [3.05, 3.63) is 78.0 Å². The van der Waals surface area contributed by atoms with Gasteiger partial charge in [-0.15, -0.1) is 0 Å². The topological polar surface area (TPSA) is 47.3 Å². The molecule has 4 nitrogen and oxygen atoms in total. The van der Waals surface area contributed by atoms with Crippen molar-refractivity contribution in [2.75, 3.05) is 11.9 Å². The number of benzene rings is 2.